The first kappa shape index (κ1) is 20.7. The molecule has 0 saturated carbocycles. The second-order valence-corrected chi connectivity index (χ2v) is 12.1. The summed E-state index contributed by atoms with van der Waals surface area (Å²) in [6.45, 7) is 0. The maximum atomic E-state index is 6.89. The van der Waals surface area contributed by atoms with E-state index < -0.39 is 5.66 Å². The molecule has 9 heterocycles. The Bertz CT molecular complexity index is 2890. The van der Waals surface area contributed by atoms with Gasteiger partial charge in [-0.3, -0.25) is 0 Å². The van der Waals surface area contributed by atoms with E-state index in [1.165, 1.54) is 27.2 Å². The van der Waals surface area contributed by atoms with Gasteiger partial charge < -0.3 is 4.74 Å². The Morgan fingerprint density at radius 2 is 1.30 bits per heavy atom. The third-order valence-electron chi connectivity index (χ3n) is 10.4. The maximum absolute atomic E-state index is 6.89. The molecule has 3 aliphatic heterocycles. The van der Waals surface area contributed by atoms with Crippen molar-refractivity contribution < 1.29 is 13.9 Å². The number of imidazole rings is 2. The Kier molecular flexibility index (Phi) is 2.95. The number of pyridine rings is 3. The fourth-order valence-electron chi connectivity index (χ4n) is 9.05. The van der Waals surface area contributed by atoms with Gasteiger partial charge in [-0.1, -0.05) is 30.3 Å². The lowest BCUT2D eigenvalue weighted by atomic mass is 9.85. The van der Waals surface area contributed by atoms with Gasteiger partial charge in [0.1, 0.15) is 34.3 Å². The van der Waals surface area contributed by atoms with Crippen molar-refractivity contribution in [2.24, 2.45) is 0 Å². The normalized spacial score (nSPS) is 17.4. The zero-order chi connectivity index (χ0) is 28.1. The minimum absolute atomic E-state index is 0.781. The average molecular weight is 564 g/mol. The predicted molar refractivity (Wildman–Crippen MR) is 165 cm³/mol. The SMILES string of the molecule is c1ccc2c(c1)c1ccc3c4c1c1n2c2ccccc2[n+]1C41c2c(ccc4c5nccnc5n5c6cccnc6[n+]1c5c24)O3. The van der Waals surface area contributed by atoms with Crippen molar-refractivity contribution >= 4 is 77.1 Å². The first-order valence-corrected chi connectivity index (χ1v) is 14.8. The van der Waals surface area contributed by atoms with E-state index >= 15 is 0 Å². The molecule has 0 bridgehead atoms. The number of fused-ring (bicyclic) bond motifs is 12. The van der Waals surface area contributed by atoms with Gasteiger partial charge in [0.05, 0.1) is 16.3 Å². The van der Waals surface area contributed by atoms with Crippen molar-refractivity contribution in [3.05, 3.63) is 115 Å². The summed E-state index contributed by atoms with van der Waals surface area (Å²) in [7, 11) is 0. The molecular formula is C36H17N7O+2. The van der Waals surface area contributed by atoms with E-state index in [-0.39, 0.29) is 0 Å². The highest BCUT2D eigenvalue weighted by Gasteiger charge is 2.66. The molecule has 6 aromatic heterocycles. The van der Waals surface area contributed by atoms with Crippen molar-refractivity contribution in [1.29, 1.82) is 0 Å². The van der Waals surface area contributed by atoms with Gasteiger partial charge in [-0.05, 0) is 54.6 Å². The van der Waals surface area contributed by atoms with Crippen LogP contribution in [0.3, 0.4) is 0 Å². The lowest BCUT2D eigenvalue weighted by molar-refractivity contribution is -0.924. The molecule has 0 radical (unpaired) electrons. The quantitative estimate of drug-likeness (QED) is 0.170. The van der Waals surface area contributed by atoms with E-state index in [4.69, 9.17) is 19.7 Å². The monoisotopic (exact) mass is 563 g/mol. The van der Waals surface area contributed by atoms with Crippen molar-refractivity contribution in [2.45, 2.75) is 5.66 Å². The van der Waals surface area contributed by atoms with Crippen molar-refractivity contribution in [2.75, 3.05) is 0 Å². The molecular weight excluding hydrogens is 546 g/mol. The number of ether oxygens (including phenoxy) is 1. The summed E-state index contributed by atoms with van der Waals surface area (Å²) in [5.74, 6) is 1.73. The lowest BCUT2D eigenvalue weighted by Crippen LogP contribution is -2.72. The smallest absolute Gasteiger partial charge is 0.306 e. The molecule has 1 spiro atoms. The topological polar surface area (TPSA) is 64.5 Å². The molecule has 13 rings (SSSR count). The molecule has 0 fully saturated rings. The number of hydrogen-bond donors (Lipinski definition) is 0. The van der Waals surface area contributed by atoms with Gasteiger partial charge in [0.2, 0.25) is 11.3 Å². The Labute approximate surface area is 246 Å². The van der Waals surface area contributed by atoms with Gasteiger partial charge in [-0.25, -0.2) is 14.4 Å². The van der Waals surface area contributed by atoms with Crippen molar-refractivity contribution in [3.8, 4) is 11.5 Å². The number of rotatable bonds is 0. The zero-order valence-corrected chi connectivity index (χ0v) is 22.9. The molecule has 1 unspecified atom stereocenters. The molecule has 8 nitrogen and oxygen atoms in total. The van der Waals surface area contributed by atoms with Crippen LogP contribution < -0.4 is 13.9 Å². The number of benzene rings is 4. The number of hydrogen-bond acceptors (Lipinski definition) is 4. The number of para-hydroxylation sites is 3. The minimum Gasteiger partial charge on any atom is -0.456 e. The predicted octanol–water partition coefficient (Wildman–Crippen LogP) is 5.90. The second-order valence-electron chi connectivity index (χ2n) is 12.1. The van der Waals surface area contributed by atoms with Gasteiger partial charge in [-0.15, -0.1) is 4.98 Å². The van der Waals surface area contributed by atoms with E-state index in [2.05, 4.69) is 96.8 Å². The first-order chi connectivity index (χ1) is 21.9. The van der Waals surface area contributed by atoms with Crippen molar-refractivity contribution in [3.63, 3.8) is 0 Å². The Morgan fingerprint density at radius 1 is 0.568 bits per heavy atom. The highest BCUT2D eigenvalue weighted by atomic mass is 16.5. The van der Waals surface area contributed by atoms with E-state index in [0.717, 1.165) is 72.5 Å². The van der Waals surface area contributed by atoms with E-state index in [1.807, 2.05) is 12.3 Å². The van der Waals surface area contributed by atoms with Crippen molar-refractivity contribution in [1.82, 2.24) is 23.8 Å². The number of aromatic nitrogens is 7. The van der Waals surface area contributed by atoms with Crippen LogP contribution in [0.4, 0.5) is 0 Å². The summed E-state index contributed by atoms with van der Waals surface area (Å²) in [5, 5.41) is 5.84. The summed E-state index contributed by atoms with van der Waals surface area (Å²) >= 11 is 0. The molecule has 3 aliphatic rings. The summed E-state index contributed by atoms with van der Waals surface area (Å²) in [5.41, 5.74) is 10.8. The Morgan fingerprint density at radius 3 is 2.20 bits per heavy atom. The molecule has 44 heavy (non-hydrogen) atoms. The van der Waals surface area contributed by atoms with Crippen LogP contribution in [0.2, 0.25) is 0 Å². The van der Waals surface area contributed by atoms with E-state index in [0.29, 0.717) is 0 Å². The van der Waals surface area contributed by atoms with Crippen LogP contribution in [0.15, 0.2) is 104 Å². The molecule has 4 aromatic carbocycles. The standard InChI is InChI=1S/C36H17N7O/c1-2-7-21-18(6-1)19-11-13-25-29-27(19)34-40(21)22-8-3-4-9-23(22)42(34)36(29)30-26(44-25)14-12-20-28(30)35-41(33-31(20)37-16-17-39-33)24-10-5-15-38-32(24)43(35)36/h1-17H/q+2. The molecule has 0 saturated heterocycles. The van der Waals surface area contributed by atoms with Gasteiger partial charge in [-0.2, -0.15) is 13.5 Å². The van der Waals surface area contributed by atoms with Crippen LogP contribution in [0.5, 0.6) is 11.5 Å². The van der Waals surface area contributed by atoms with E-state index in [1.54, 1.807) is 12.4 Å². The summed E-state index contributed by atoms with van der Waals surface area (Å²) in [4.78, 5) is 14.9. The van der Waals surface area contributed by atoms with Gasteiger partial charge >= 0.3 is 5.65 Å². The largest absolute Gasteiger partial charge is 0.456 e. The van der Waals surface area contributed by atoms with Crippen LogP contribution in [0.25, 0.3) is 77.1 Å². The summed E-state index contributed by atoms with van der Waals surface area (Å²) < 4.78 is 16.6. The first-order valence-electron chi connectivity index (χ1n) is 14.8. The summed E-state index contributed by atoms with van der Waals surface area (Å²) in [6, 6.07) is 30.3. The van der Waals surface area contributed by atoms with Crippen LogP contribution in [0.1, 0.15) is 11.1 Å². The van der Waals surface area contributed by atoms with Crippen LogP contribution in [0, 0.1) is 0 Å². The maximum Gasteiger partial charge on any atom is 0.306 e. The average Bonchev–Trinajstić information content (AvgIpc) is 3.79. The number of nitrogens with zero attached hydrogens (tertiary/aromatic N) is 7. The Balaban J connectivity index is 1.45. The second kappa shape index (κ2) is 6.28. The van der Waals surface area contributed by atoms with E-state index in [9.17, 15) is 0 Å². The molecule has 0 aliphatic carbocycles. The lowest BCUT2D eigenvalue weighted by Gasteiger charge is -2.31. The molecule has 1 atom stereocenters. The molecule has 10 aromatic rings. The van der Waals surface area contributed by atoms with Gasteiger partial charge in [0.25, 0.3) is 11.3 Å². The molecule has 0 N–H and O–H groups in total. The third-order valence-corrected chi connectivity index (χ3v) is 10.4. The fourth-order valence-corrected chi connectivity index (χ4v) is 9.05. The van der Waals surface area contributed by atoms with Gasteiger partial charge in [0, 0.05) is 28.6 Å². The third kappa shape index (κ3) is 1.79. The Hall–Kier alpha value is -6.15. The zero-order valence-electron chi connectivity index (χ0n) is 22.9. The van der Waals surface area contributed by atoms with Crippen LogP contribution in [-0.2, 0) is 5.66 Å². The highest BCUT2D eigenvalue weighted by molar-refractivity contribution is 6.18. The fraction of sp³-hybridized carbons (Fsp3) is 0.0278. The minimum atomic E-state index is -0.781. The highest BCUT2D eigenvalue weighted by Crippen LogP contribution is 2.58. The van der Waals surface area contributed by atoms with Gasteiger partial charge in [0.15, 0.2) is 16.6 Å². The molecule has 8 heteroatoms. The molecule has 0 amide bonds. The van der Waals surface area contributed by atoms with Crippen LogP contribution >= 0.6 is 0 Å². The van der Waals surface area contributed by atoms with Crippen LogP contribution in [-0.4, -0.2) is 23.8 Å². The molecule has 200 valence electrons. The summed E-state index contributed by atoms with van der Waals surface area (Å²) in [6.07, 6.45) is 5.45.